The topological polar surface area (TPSA) is 50.6 Å². The van der Waals surface area contributed by atoms with E-state index in [-0.39, 0.29) is 11.9 Å². The Labute approximate surface area is 116 Å². The number of hydrogen-bond acceptors (Lipinski definition) is 4. The molecule has 0 bridgehead atoms. The summed E-state index contributed by atoms with van der Waals surface area (Å²) in [5, 5.41) is 9.06. The summed E-state index contributed by atoms with van der Waals surface area (Å²) in [6, 6.07) is 2.37. The molecule has 0 spiro atoms. The molecular weight excluding hydrogens is 240 g/mol. The SMILES string of the molecule is CCC(C#N)N1CCN(CC(=O)N(CC)CC)CC1. The van der Waals surface area contributed by atoms with Crippen molar-refractivity contribution in [3.63, 3.8) is 0 Å². The van der Waals surface area contributed by atoms with Gasteiger partial charge in [0, 0.05) is 39.3 Å². The highest BCUT2D eigenvalue weighted by Gasteiger charge is 2.24. The van der Waals surface area contributed by atoms with Crippen LogP contribution in [0.5, 0.6) is 0 Å². The van der Waals surface area contributed by atoms with Gasteiger partial charge in [-0.15, -0.1) is 0 Å². The Kier molecular flexibility index (Phi) is 6.82. The van der Waals surface area contributed by atoms with E-state index in [2.05, 4.69) is 15.9 Å². The van der Waals surface area contributed by atoms with Crippen LogP contribution in [0.1, 0.15) is 27.2 Å². The van der Waals surface area contributed by atoms with Crippen LogP contribution in [0.25, 0.3) is 0 Å². The van der Waals surface area contributed by atoms with E-state index < -0.39 is 0 Å². The van der Waals surface area contributed by atoms with Crippen molar-refractivity contribution in [3.05, 3.63) is 0 Å². The van der Waals surface area contributed by atoms with E-state index in [9.17, 15) is 4.79 Å². The minimum absolute atomic E-state index is 0.0284. The van der Waals surface area contributed by atoms with E-state index in [4.69, 9.17) is 5.26 Å². The number of nitrogens with zero attached hydrogens (tertiary/aromatic N) is 4. The van der Waals surface area contributed by atoms with Crippen LogP contribution in [0, 0.1) is 11.3 Å². The molecule has 5 heteroatoms. The van der Waals surface area contributed by atoms with Gasteiger partial charge in [0.05, 0.1) is 18.7 Å². The first-order valence-electron chi connectivity index (χ1n) is 7.29. The minimum Gasteiger partial charge on any atom is -0.342 e. The maximum atomic E-state index is 12.0. The molecule has 1 amide bonds. The zero-order chi connectivity index (χ0) is 14.3. The van der Waals surface area contributed by atoms with Crippen molar-refractivity contribution in [2.75, 3.05) is 45.8 Å². The predicted molar refractivity (Wildman–Crippen MR) is 75.6 cm³/mol. The van der Waals surface area contributed by atoms with Crippen LogP contribution in [-0.4, -0.2) is 72.5 Å². The fraction of sp³-hybridized carbons (Fsp3) is 0.857. The molecular formula is C14H26N4O. The van der Waals surface area contributed by atoms with Crippen LogP contribution in [0.2, 0.25) is 0 Å². The van der Waals surface area contributed by atoms with Crippen molar-refractivity contribution in [1.29, 1.82) is 5.26 Å². The number of piperazine rings is 1. The van der Waals surface area contributed by atoms with Crippen LogP contribution in [0.15, 0.2) is 0 Å². The number of likely N-dealkylation sites (N-methyl/N-ethyl adjacent to an activating group) is 1. The molecule has 0 saturated carbocycles. The van der Waals surface area contributed by atoms with Gasteiger partial charge in [0.25, 0.3) is 0 Å². The Hall–Kier alpha value is -1.12. The lowest BCUT2D eigenvalue weighted by Gasteiger charge is -2.37. The fourth-order valence-corrected chi connectivity index (χ4v) is 2.53. The van der Waals surface area contributed by atoms with Crippen LogP contribution in [0.3, 0.4) is 0 Å². The zero-order valence-electron chi connectivity index (χ0n) is 12.4. The molecule has 19 heavy (non-hydrogen) atoms. The number of amides is 1. The highest BCUT2D eigenvalue weighted by atomic mass is 16.2. The summed E-state index contributed by atoms with van der Waals surface area (Å²) in [6.45, 7) is 11.7. The first-order valence-corrected chi connectivity index (χ1v) is 7.29. The quantitative estimate of drug-likeness (QED) is 0.713. The number of rotatable bonds is 6. The van der Waals surface area contributed by atoms with Gasteiger partial charge in [-0.25, -0.2) is 0 Å². The van der Waals surface area contributed by atoms with Crippen molar-refractivity contribution >= 4 is 5.91 Å². The number of nitriles is 1. The van der Waals surface area contributed by atoms with E-state index in [1.54, 1.807) is 0 Å². The fourth-order valence-electron chi connectivity index (χ4n) is 2.53. The van der Waals surface area contributed by atoms with E-state index >= 15 is 0 Å². The Balaban J connectivity index is 2.38. The van der Waals surface area contributed by atoms with Gasteiger partial charge in [-0.2, -0.15) is 5.26 Å². The lowest BCUT2D eigenvalue weighted by Crippen LogP contribution is -2.52. The molecule has 0 radical (unpaired) electrons. The second kappa shape index (κ2) is 8.13. The van der Waals surface area contributed by atoms with Gasteiger partial charge < -0.3 is 4.90 Å². The first-order chi connectivity index (χ1) is 9.15. The van der Waals surface area contributed by atoms with Gasteiger partial charge in [-0.1, -0.05) is 6.92 Å². The minimum atomic E-state index is 0.0284. The normalized spacial score (nSPS) is 18.8. The van der Waals surface area contributed by atoms with Crippen molar-refractivity contribution in [3.8, 4) is 6.07 Å². The maximum Gasteiger partial charge on any atom is 0.236 e. The third-order valence-electron chi connectivity index (χ3n) is 3.86. The highest BCUT2D eigenvalue weighted by Crippen LogP contribution is 2.08. The second-order valence-corrected chi connectivity index (χ2v) is 4.93. The van der Waals surface area contributed by atoms with E-state index in [0.29, 0.717) is 6.54 Å². The lowest BCUT2D eigenvalue weighted by atomic mass is 10.2. The van der Waals surface area contributed by atoms with Gasteiger partial charge in [0.1, 0.15) is 0 Å². The first kappa shape index (κ1) is 15.9. The van der Waals surface area contributed by atoms with Crippen LogP contribution in [-0.2, 0) is 4.79 Å². The zero-order valence-corrected chi connectivity index (χ0v) is 12.4. The van der Waals surface area contributed by atoms with Gasteiger partial charge in [0.15, 0.2) is 0 Å². The van der Waals surface area contributed by atoms with Gasteiger partial charge in [0.2, 0.25) is 5.91 Å². The third-order valence-corrected chi connectivity index (χ3v) is 3.86. The summed E-state index contributed by atoms with van der Waals surface area (Å²) >= 11 is 0. The molecule has 0 aromatic rings. The Morgan fingerprint density at radius 3 is 2.21 bits per heavy atom. The van der Waals surface area contributed by atoms with Crippen molar-refractivity contribution in [1.82, 2.24) is 14.7 Å². The molecule has 1 saturated heterocycles. The summed E-state index contributed by atoms with van der Waals surface area (Å²) in [6.07, 6.45) is 0.870. The molecule has 1 heterocycles. The average Bonchev–Trinajstić information content (AvgIpc) is 2.43. The molecule has 1 rings (SSSR count). The third kappa shape index (κ3) is 4.48. The standard InChI is InChI=1S/C14H26N4O/c1-4-13(11-15)18-9-7-16(8-10-18)12-14(19)17(5-2)6-3/h13H,4-10,12H2,1-3H3. The maximum absolute atomic E-state index is 12.0. The van der Waals surface area contributed by atoms with Crippen molar-refractivity contribution < 1.29 is 4.79 Å². The van der Waals surface area contributed by atoms with Crippen molar-refractivity contribution in [2.45, 2.75) is 33.2 Å². The molecule has 1 aliphatic rings. The number of carbonyl (C=O) groups is 1. The number of hydrogen-bond donors (Lipinski definition) is 0. The molecule has 1 fully saturated rings. The molecule has 108 valence electrons. The van der Waals surface area contributed by atoms with Crippen LogP contribution >= 0.6 is 0 Å². The molecule has 1 aliphatic heterocycles. The van der Waals surface area contributed by atoms with E-state index in [1.165, 1.54) is 0 Å². The molecule has 0 N–H and O–H groups in total. The van der Waals surface area contributed by atoms with Crippen LogP contribution < -0.4 is 0 Å². The molecule has 5 nitrogen and oxygen atoms in total. The summed E-state index contributed by atoms with van der Waals surface area (Å²) in [4.78, 5) is 18.3. The Morgan fingerprint density at radius 2 is 1.79 bits per heavy atom. The number of carbonyl (C=O) groups excluding carboxylic acids is 1. The molecule has 1 atom stereocenters. The van der Waals surface area contributed by atoms with Gasteiger partial charge in [-0.3, -0.25) is 14.6 Å². The van der Waals surface area contributed by atoms with E-state index in [1.807, 2.05) is 25.7 Å². The summed E-state index contributed by atoms with van der Waals surface area (Å²) in [5.41, 5.74) is 0. The molecule has 0 aromatic heterocycles. The predicted octanol–water partition coefficient (Wildman–Crippen LogP) is 0.775. The lowest BCUT2D eigenvalue weighted by molar-refractivity contribution is -0.132. The summed E-state index contributed by atoms with van der Waals surface area (Å²) in [5.74, 6) is 0.214. The average molecular weight is 266 g/mol. The molecule has 0 aliphatic carbocycles. The summed E-state index contributed by atoms with van der Waals surface area (Å²) in [7, 11) is 0. The largest absolute Gasteiger partial charge is 0.342 e. The van der Waals surface area contributed by atoms with Crippen molar-refractivity contribution in [2.24, 2.45) is 0 Å². The Morgan fingerprint density at radius 1 is 1.21 bits per heavy atom. The summed E-state index contributed by atoms with van der Waals surface area (Å²) < 4.78 is 0. The Bertz CT molecular complexity index is 314. The second-order valence-electron chi connectivity index (χ2n) is 4.93. The van der Waals surface area contributed by atoms with Crippen LogP contribution in [0.4, 0.5) is 0 Å². The van der Waals surface area contributed by atoms with E-state index in [0.717, 1.165) is 45.7 Å². The smallest absolute Gasteiger partial charge is 0.236 e. The van der Waals surface area contributed by atoms with Gasteiger partial charge in [-0.05, 0) is 20.3 Å². The monoisotopic (exact) mass is 266 g/mol. The molecule has 0 aromatic carbocycles. The van der Waals surface area contributed by atoms with Gasteiger partial charge >= 0.3 is 0 Å². The molecule has 1 unspecified atom stereocenters. The highest BCUT2D eigenvalue weighted by molar-refractivity contribution is 5.78.